The number of nitrogens with zero attached hydrogens (tertiary/aromatic N) is 5. The van der Waals surface area contributed by atoms with Crippen molar-refractivity contribution in [2.75, 3.05) is 11.1 Å². The lowest BCUT2D eigenvalue weighted by molar-refractivity contribution is -0.113. The molecule has 4 rings (SSSR count). The smallest absolute Gasteiger partial charge is 0.236 e. The summed E-state index contributed by atoms with van der Waals surface area (Å²) in [5, 5.41) is 11.2. The molecular formula is C19H18N6OS2. The fraction of sp³-hybridized carbons (Fsp3) is 0.211. The van der Waals surface area contributed by atoms with Gasteiger partial charge in [0.05, 0.1) is 23.0 Å². The number of thiazole rings is 1. The van der Waals surface area contributed by atoms with Gasteiger partial charge in [0.25, 0.3) is 0 Å². The third-order valence-electron chi connectivity index (χ3n) is 4.39. The van der Waals surface area contributed by atoms with Crippen LogP contribution in [0.3, 0.4) is 0 Å². The number of fused-ring (bicyclic) bond motifs is 1. The molecule has 28 heavy (non-hydrogen) atoms. The van der Waals surface area contributed by atoms with Crippen LogP contribution in [0.4, 0.5) is 5.13 Å². The summed E-state index contributed by atoms with van der Waals surface area (Å²) < 4.78 is 1.69. The molecule has 0 spiro atoms. The van der Waals surface area contributed by atoms with Crippen molar-refractivity contribution >= 4 is 45.2 Å². The minimum atomic E-state index is -0.123. The van der Waals surface area contributed by atoms with E-state index in [-0.39, 0.29) is 11.7 Å². The van der Waals surface area contributed by atoms with Gasteiger partial charge in [-0.1, -0.05) is 23.9 Å². The lowest BCUT2D eigenvalue weighted by Gasteiger charge is -2.03. The molecule has 0 fully saturated rings. The van der Waals surface area contributed by atoms with Crippen molar-refractivity contribution in [3.63, 3.8) is 0 Å². The van der Waals surface area contributed by atoms with Crippen LogP contribution in [0.5, 0.6) is 0 Å². The molecule has 0 aliphatic carbocycles. The average Bonchev–Trinajstić information content (AvgIpc) is 3.30. The number of hydrogen-bond acceptors (Lipinski definition) is 7. The third kappa shape index (κ3) is 3.76. The van der Waals surface area contributed by atoms with Crippen LogP contribution in [-0.4, -0.2) is 36.4 Å². The van der Waals surface area contributed by atoms with Crippen LogP contribution in [0.25, 0.3) is 22.3 Å². The normalized spacial score (nSPS) is 11.1. The molecule has 3 heterocycles. The number of aryl methyl sites for hydroxylation is 3. The van der Waals surface area contributed by atoms with Crippen molar-refractivity contribution in [2.24, 2.45) is 7.05 Å². The molecule has 142 valence electrons. The minimum absolute atomic E-state index is 0.123. The summed E-state index contributed by atoms with van der Waals surface area (Å²) in [4.78, 5) is 25.4. The largest absolute Gasteiger partial charge is 0.301 e. The summed E-state index contributed by atoms with van der Waals surface area (Å²) in [7, 11) is 1.83. The Morgan fingerprint density at radius 1 is 1.25 bits per heavy atom. The van der Waals surface area contributed by atoms with E-state index in [1.165, 1.54) is 40.6 Å². The second-order valence-corrected chi connectivity index (χ2v) is 8.18. The molecule has 0 atom stereocenters. The molecular weight excluding hydrogens is 392 g/mol. The van der Waals surface area contributed by atoms with E-state index in [0.29, 0.717) is 5.13 Å². The molecule has 4 aromatic rings. The van der Waals surface area contributed by atoms with Crippen molar-refractivity contribution in [2.45, 2.75) is 18.9 Å². The zero-order valence-electron chi connectivity index (χ0n) is 15.6. The average molecular weight is 411 g/mol. The Morgan fingerprint density at radius 3 is 2.93 bits per heavy atom. The second kappa shape index (κ2) is 7.69. The summed E-state index contributed by atoms with van der Waals surface area (Å²) in [6, 6.07) is 6.24. The van der Waals surface area contributed by atoms with Crippen LogP contribution in [-0.2, 0) is 11.8 Å². The third-order valence-corrected chi connectivity index (χ3v) is 6.15. The van der Waals surface area contributed by atoms with Gasteiger partial charge in [-0.05, 0) is 31.0 Å². The molecule has 0 saturated carbocycles. The van der Waals surface area contributed by atoms with E-state index in [2.05, 4.69) is 51.3 Å². The Kier molecular flexibility index (Phi) is 5.10. The van der Waals surface area contributed by atoms with E-state index in [1.807, 2.05) is 18.5 Å². The number of amides is 1. The molecule has 0 unspecified atom stereocenters. The van der Waals surface area contributed by atoms with Crippen LogP contribution >= 0.6 is 23.1 Å². The summed E-state index contributed by atoms with van der Waals surface area (Å²) in [5.74, 6) is 0.112. The number of carbonyl (C=O) groups excluding carboxylic acids is 1. The van der Waals surface area contributed by atoms with Crippen molar-refractivity contribution in [3.05, 3.63) is 47.2 Å². The van der Waals surface area contributed by atoms with Gasteiger partial charge in [0.1, 0.15) is 11.4 Å². The van der Waals surface area contributed by atoms with Crippen LogP contribution in [0.1, 0.15) is 11.1 Å². The lowest BCUT2D eigenvalue weighted by atomic mass is 10.1. The van der Waals surface area contributed by atoms with E-state index >= 15 is 0 Å². The molecule has 0 radical (unpaired) electrons. The van der Waals surface area contributed by atoms with Crippen LogP contribution in [0.15, 0.2) is 41.1 Å². The maximum atomic E-state index is 12.3. The van der Waals surface area contributed by atoms with E-state index < -0.39 is 0 Å². The maximum Gasteiger partial charge on any atom is 0.236 e. The highest BCUT2D eigenvalue weighted by Gasteiger charge is 2.12. The first-order valence-corrected chi connectivity index (χ1v) is 10.5. The summed E-state index contributed by atoms with van der Waals surface area (Å²) >= 11 is 2.78. The Morgan fingerprint density at radius 2 is 2.11 bits per heavy atom. The Hall–Kier alpha value is -2.78. The number of aromatic nitrogens is 5. The van der Waals surface area contributed by atoms with Gasteiger partial charge in [-0.25, -0.2) is 15.0 Å². The predicted octanol–water partition coefficient (Wildman–Crippen LogP) is 3.83. The summed E-state index contributed by atoms with van der Waals surface area (Å²) in [5.41, 5.74) is 5.13. The molecule has 7 nitrogen and oxygen atoms in total. The van der Waals surface area contributed by atoms with Gasteiger partial charge in [-0.2, -0.15) is 5.10 Å². The topological polar surface area (TPSA) is 85.6 Å². The fourth-order valence-electron chi connectivity index (χ4n) is 2.71. The van der Waals surface area contributed by atoms with Crippen LogP contribution < -0.4 is 5.32 Å². The van der Waals surface area contributed by atoms with Crippen molar-refractivity contribution < 1.29 is 4.79 Å². The molecule has 1 aromatic carbocycles. The number of nitrogens with one attached hydrogen (secondary N) is 1. The van der Waals surface area contributed by atoms with Gasteiger partial charge in [-0.15, -0.1) is 11.3 Å². The monoisotopic (exact) mass is 410 g/mol. The molecule has 0 aliphatic rings. The molecule has 1 N–H and O–H groups in total. The van der Waals surface area contributed by atoms with E-state index in [0.717, 1.165) is 27.3 Å². The number of benzene rings is 1. The number of thioether (sulfide) groups is 1. The second-order valence-electron chi connectivity index (χ2n) is 6.36. The van der Waals surface area contributed by atoms with E-state index in [1.54, 1.807) is 10.9 Å². The van der Waals surface area contributed by atoms with Crippen molar-refractivity contribution in [1.82, 2.24) is 24.7 Å². The zero-order chi connectivity index (χ0) is 19.7. The quantitative estimate of drug-likeness (QED) is 0.397. The molecule has 3 aromatic heterocycles. The van der Waals surface area contributed by atoms with Crippen molar-refractivity contribution in [3.8, 4) is 11.3 Å². The SMILES string of the molecule is Cc1ccc(-c2csc(NC(=O)CSc3ncnc4c3cnn4C)n2)cc1C. The highest BCUT2D eigenvalue weighted by molar-refractivity contribution is 8.00. The summed E-state index contributed by atoms with van der Waals surface area (Å²) in [6.45, 7) is 4.16. The Labute approximate surface area is 170 Å². The lowest BCUT2D eigenvalue weighted by Crippen LogP contribution is -2.14. The molecule has 9 heteroatoms. The fourth-order valence-corrected chi connectivity index (χ4v) is 4.21. The van der Waals surface area contributed by atoms with Gasteiger partial charge < -0.3 is 5.32 Å². The number of carbonyl (C=O) groups is 1. The summed E-state index contributed by atoms with van der Waals surface area (Å²) in [6.07, 6.45) is 3.20. The number of hydrogen-bond donors (Lipinski definition) is 1. The van der Waals surface area contributed by atoms with Gasteiger partial charge in [0, 0.05) is 18.0 Å². The van der Waals surface area contributed by atoms with E-state index in [9.17, 15) is 4.79 Å². The minimum Gasteiger partial charge on any atom is -0.301 e. The first-order valence-electron chi connectivity index (χ1n) is 8.60. The van der Waals surface area contributed by atoms with Gasteiger partial charge in [0.15, 0.2) is 10.8 Å². The highest BCUT2D eigenvalue weighted by atomic mass is 32.2. The Balaban J connectivity index is 1.41. The van der Waals surface area contributed by atoms with E-state index in [4.69, 9.17) is 0 Å². The number of rotatable bonds is 5. The molecule has 0 aliphatic heterocycles. The van der Waals surface area contributed by atoms with Gasteiger partial charge in [-0.3, -0.25) is 9.48 Å². The van der Waals surface area contributed by atoms with Crippen molar-refractivity contribution in [1.29, 1.82) is 0 Å². The first-order chi connectivity index (χ1) is 13.5. The van der Waals surface area contributed by atoms with Gasteiger partial charge >= 0.3 is 0 Å². The zero-order valence-corrected chi connectivity index (χ0v) is 17.3. The molecule has 1 amide bonds. The first kappa shape index (κ1) is 18.6. The predicted molar refractivity (Wildman–Crippen MR) is 113 cm³/mol. The molecule has 0 bridgehead atoms. The molecule has 0 saturated heterocycles. The highest BCUT2D eigenvalue weighted by Crippen LogP contribution is 2.27. The van der Waals surface area contributed by atoms with Crippen LogP contribution in [0, 0.1) is 13.8 Å². The Bertz CT molecular complexity index is 1170. The standard InChI is InChI=1S/C19H18N6OS2/c1-11-4-5-13(6-12(11)2)15-8-28-19(23-15)24-16(26)9-27-18-14-7-22-25(3)17(14)20-10-21-18/h4-8,10H,9H2,1-3H3,(H,23,24,26). The van der Waals surface area contributed by atoms with Crippen LogP contribution in [0.2, 0.25) is 0 Å². The van der Waals surface area contributed by atoms with Gasteiger partial charge in [0.2, 0.25) is 5.91 Å². The maximum absolute atomic E-state index is 12.3. The number of anilines is 1.